The van der Waals surface area contributed by atoms with Gasteiger partial charge in [0.2, 0.25) is 0 Å². The maximum absolute atomic E-state index is 13.2. The summed E-state index contributed by atoms with van der Waals surface area (Å²) in [6, 6.07) is 7.77. The minimum absolute atomic E-state index is 0.0893. The first-order valence-corrected chi connectivity index (χ1v) is 9.32. The number of hydrogen-bond donors (Lipinski definition) is 1. The number of benzene rings is 1. The monoisotopic (exact) mass is 360 g/mol. The highest BCUT2D eigenvalue weighted by atomic mass is 35.5. The molecule has 0 atom stereocenters. The zero-order valence-electron chi connectivity index (χ0n) is 14.8. The van der Waals surface area contributed by atoms with Gasteiger partial charge in [-0.2, -0.15) is 5.10 Å². The van der Waals surface area contributed by atoms with Gasteiger partial charge in [-0.05, 0) is 63.5 Å². The van der Waals surface area contributed by atoms with Gasteiger partial charge in [-0.3, -0.25) is 4.79 Å². The largest absolute Gasteiger partial charge is 0.335 e. The first kappa shape index (κ1) is 18.0. The zero-order valence-corrected chi connectivity index (χ0v) is 15.6. The van der Waals surface area contributed by atoms with Gasteiger partial charge in [0.15, 0.2) is 0 Å². The fourth-order valence-electron chi connectivity index (χ4n) is 3.36. The van der Waals surface area contributed by atoms with Crippen LogP contribution in [0, 0.1) is 6.92 Å². The second-order valence-electron chi connectivity index (χ2n) is 6.53. The highest BCUT2D eigenvalue weighted by molar-refractivity contribution is 6.30. The number of nitrogens with one attached hydrogen (secondary N) is 1. The van der Waals surface area contributed by atoms with Crippen LogP contribution in [0.3, 0.4) is 0 Å². The second-order valence-corrected chi connectivity index (χ2v) is 6.97. The summed E-state index contributed by atoms with van der Waals surface area (Å²) in [4.78, 5) is 15.2. The molecule has 1 aromatic heterocycles. The van der Waals surface area contributed by atoms with E-state index < -0.39 is 0 Å². The molecule has 6 heteroatoms. The highest BCUT2D eigenvalue weighted by Crippen LogP contribution is 2.20. The molecule has 0 unspecified atom stereocenters. The van der Waals surface area contributed by atoms with Crippen molar-refractivity contribution in [3.63, 3.8) is 0 Å². The molecular formula is C19H25ClN4O. The molecule has 25 heavy (non-hydrogen) atoms. The molecule has 1 saturated heterocycles. The number of carbonyl (C=O) groups is 1. The quantitative estimate of drug-likeness (QED) is 0.888. The Kier molecular flexibility index (Phi) is 5.76. The lowest BCUT2D eigenvalue weighted by atomic mass is 10.0. The number of amides is 1. The molecule has 1 amide bonds. The predicted molar refractivity (Wildman–Crippen MR) is 101 cm³/mol. The fourth-order valence-corrected chi connectivity index (χ4v) is 3.49. The summed E-state index contributed by atoms with van der Waals surface area (Å²) in [6.45, 7) is 6.75. The van der Waals surface area contributed by atoms with Crippen LogP contribution in [-0.4, -0.2) is 46.3 Å². The Morgan fingerprint density at radius 2 is 2.00 bits per heavy atom. The summed E-state index contributed by atoms with van der Waals surface area (Å²) in [5.41, 5.74) is 2.34. The van der Waals surface area contributed by atoms with Crippen molar-refractivity contribution >= 4 is 17.5 Å². The van der Waals surface area contributed by atoms with Gasteiger partial charge >= 0.3 is 0 Å². The molecule has 5 nitrogen and oxygen atoms in total. The Bertz CT molecular complexity index is 720. The summed E-state index contributed by atoms with van der Waals surface area (Å²) in [5.74, 6) is 0.0893. The average molecular weight is 361 g/mol. The summed E-state index contributed by atoms with van der Waals surface area (Å²) in [6.07, 6.45) is 4.82. The number of carbonyl (C=O) groups excluding carboxylic acids is 1. The van der Waals surface area contributed by atoms with Gasteiger partial charge in [0.25, 0.3) is 5.91 Å². The third-order valence-corrected chi connectivity index (χ3v) is 4.95. The van der Waals surface area contributed by atoms with Crippen LogP contribution < -0.4 is 5.32 Å². The van der Waals surface area contributed by atoms with Gasteiger partial charge < -0.3 is 10.2 Å². The molecule has 1 fully saturated rings. The molecule has 0 spiro atoms. The minimum atomic E-state index is 0.0893. The van der Waals surface area contributed by atoms with Crippen LogP contribution in [0.15, 0.2) is 30.5 Å². The van der Waals surface area contributed by atoms with Crippen LogP contribution in [0.1, 0.15) is 42.2 Å². The van der Waals surface area contributed by atoms with E-state index in [9.17, 15) is 4.79 Å². The number of piperidine rings is 1. The standard InChI is InChI=1S/C19H25ClN4O/c1-3-12-23(16-8-10-21-11-9-16)19(25)18-13-24(22-14(18)2)17-6-4-15(20)5-7-17/h4-7,13,16,21H,3,8-12H2,1-2H3. The lowest BCUT2D eigenvalue weighted by Gasteiger charge is -2.34. The lowest BCUT2D eigenvalue weighted by Crippen LogP contribution is -2.46. The van der Waals surface area contributed by atoms with E-state index in [2.05, 4.69) is 17.3 Å². The molecule has 0 radical (unpaired) electrons. The first-order chi connectivity index (χ1) is 12.1. The number of aromatic nitrogens is 2. The van der Waals surface area contributed by atoms with E-state index >= 15 is 0 Å². The average Bonchev–Trinajstić information content (AvgIpc) is 3.02. The Balaban J connectivity index is 1.86. The number of nitrogens with zero attached hydrogens (tertiary/aromatic N) is 3. The van der Waals surface area contributed by atoms with Gasteiger partial charge in [0, 0.05) is 23.8 Å². The summed E-state index contributed by atoms with van der Waals surface area (Å²) < 4.78 is 1.76. The summed E-state index contributed by atoms with van der Waals surface area (Å²) in [5, 5.41) is 8.58. The summed E-state index contributed by atoms with van der Waals surface area (Å²) in [7, 11) is 0. The van der Waals surface area contributed by atoms with Crippen molar-refractivity contribution in [3.8, 4) is 5.69 Å². The molecule has 1 aliphatic heterocycles. The van der Waals surface area contributed by atoms with Gasteiger partial charge in [0.1, 0.15) is 0 Å². The van der Waals surface area contributed by atoms with E-state index in [-0.39, 0.29) is 5.91 Å². The molecule has 0 bridgehead atoms. The van der Waals surface area contributed by atoms with Crippen molar-refractivity contribution in [2.75, 3.05) is 19.6 Å². The number of aryl methyl sites for hydroxylation is 1. The molecule has 0 saturated carbocycles. The number of hydrogen-bond acceptors (Lipinski definition) is 3. The smallest absolute Gasteiger partial charge is 0.257 e. The van der Waals surface area contributed by atoms with E-state index in [1.165, 1.54) is 0 Å². The summed E-state index contributed by atoms with van der Waals surface area (Å²) >= 11 is 5.95. The van der Waals surface area contributed by atoms with Gasteiger partial charge in [-0.1, -0.05) is 18.5 Å². The Morgan fingerprint density at radius 1 is 1.32 bits per heavy atom. The van der Waals surface area contributed by atoms with Crippen molar-refractivity contribution in [1.82, 2.24) is 20.0 Å². The van der Waals surface area contributed by atoms with E-state index in [0.717, 1.165) is 50.3 Å². The van der Waals surface area contributed by atoms with Crippen molar-refractivity contribution in [2.24, 2.45) is 0 Å². The van der Waals surface area contributed by atoms with Crippen LogP contribution in [-0.2, 0) is 0 Å². The maximum Gasteiger partial charge on any atom is 0.257 e. The molecule has 3 rings (SSSR count). The fraction of sp³-hybridized carbons (Fsp3) is 0.474. The van der Waals surface area contributed by atoms with Crippen LogP contribution in [0.25, 0.3) is 5.69 Å². The van der Waals surface area contributed by atoms with Crippen molar-refractivity contribution in [3.05, 3.63) is 46.7 Å². The molecule has 2 aromatic rings. The highest BCUT2D eigenvalue weighted by Gasteiger charge is 2.27. The van der Waals surface area contributed by atoms with Crippen LogP contribution >= 0.6 is 11.6 Å². The molecular weight excluding hydrogens is 336 g/mol. The Morgan fingerprint density at radius 3 is 2.64 bits per heavy atom. The van der Waals surface area contributed by atoms with Gasteiger partial charge in [-0.15, -0.1) is 0 Å². The van der Waals surface area contributed by atoms with E-state index in [1.807, 2.05) is 42.3 Å². The van der Waals surface area contributed by atoms with Crippen molar-refractivity contribution in [2.45, 2.75) is 39.2 Å². The van der Waals surface area contributed by atoms with Gasteiger partial charge in [0.05, 0.1) is 16.9 Å². The van der Waals surface area contributed by atoms with Crippen molar-refractivity contribution < 1.29 is 4.79 Å². The number of rotatable bonds is 5. The Labute approximate surface area is 154 Å². The molecule has 1 aromatic carbocycles. The zero-order chi connectivity index (χ0) is 17.8. The molecule has 1 aliphatic rings. The second kappa shape index (κ2) is 8.02. The van der Waals surface area contributed by atoms with Crippen LogP contribution in [0.2, 0.25) is 5.02 Å². The molecule has 2 heterocycles. The molecule has 1 N–H and O–H groups in total. The number of halogens is 1. The van der Waals surface area contributed by atoms with Crippen LogP contribution in [0.4, 0.5) is 0 Å². The maximum atomic E-state index is 13.2. The van der Waals surface area contributed by atoms with Crippen LogP contribution in [0.5, 0.6) is 0 Å². The normalized spacial score (nSPS) is 15.3. The van der Waals surface area contributed by atoms with Crippen molar-refractivity contribution in [1.29, 1.82) is 0 Å². The molecule has 134 valence electrons. The third-order valence-electron chi connectivity index (χ3n) is 4.70. The topological polar surface area (TPSA) is 50.2 Å². The minimum Gasteiger partial charge on any atom is -0.335 e. The predicted octanol–water partition coefficient (Wildman–Crippen LogP) is 3.44. The van der Waals surface area contributed by atoms with E-state index in [0.29, 0.717) is 16.6 Å². The van der Waals surface area contributed by atoms with E-state index in [4.69, 9.17) is 11.6 Å². The first-order valence-electron chi connectivity index (χ1n) is 8.94. The molecule has 0 aliphatic carbocycles. The SMILES string of the molecule is CCCN(C(=O)c1cn(-c2ccc(Cl)cc2)nc1C)C1CCNCC1. The van der Waals surface area contributed by atoms with E-state index in [1.54, 1.807) is 4.68 Å². The Hall–Kier alpha value is -1.85. The lowest BCUT2D eigenvalue weighted by molar-refractivity contribution is 0.0642. The third kappa shape index (κ3) is 4.05. The van der Waals surface area contributed by atoms with Gasteiger partial charge in [-0.25, -0.2) is 4.68 Å².